The number of anilines is 2. The largest absolute Gasteiger partial charge is 0.384 e. The molecule has 1 aliphatic heterocycles. The highest BCUT2D eigenvalue weighted by Gasteiger charge is 2.19. The number of pyridine rings is 1. The van der Waals surface area contributed by atoms with E-state index in [9.17, 15) is 14.4 Å². The van der Waals surface area contributed by atoms with Gasteiger partial charge in [-0.1, -0.05) is 19.9 Å². The van der Waals surface area contributed by atoms with Crippen molar-refractivity contribution >= 4 is 23.3 Å². The number of hydrogen-bond donors (Lipinski definition) is 2. The molecule has 0 spiro atoms. The molecule has 2 N–H and O–H groups in total. The molecule has 3 heterocycles. The summed E-state index contributed by atoms with van der Waals surface area (Å²) in [5, 5.41) is 5.17. The van der Waals surface area contributed by atoms with Crippen molar-refractivity contribution in [3.05, 3.63) is 75.4 Å². The van der Waals surface area contributed by atoms with E-state index in [-0.39, 0.29) is 17.4 Å². The van der Waals surface area contributed by atoms with E-state index < -0.39 is 0 Å². The molecule has 0 unspecified atom stereocenters. The summed E-state index contributed by atoms with van der Waals surface area (Å²) in [7, 11) is 0. The molecule has 1 aromatic carbocycles. The molecule has 37 heavy (non-hydrogen) atoms. The molecule has 198 valence electrons. The average molecular weight is 508 g/mol. The molecule has 2 amide bonds. The van der Waals surface area contributed by atoms with Gasteiger partial charge in [0.1, 0.15) is 11.6 Å². The van der Waals surface area contributed by atoms with E-state index in [0.717, 1.165) is 43.0 Å². The molecule has 0 saturated carbocycles. The molecule has 9 heteroatoms. The zero-order valence-corrected chi connectivity index (χ0v) is 22.2. The summed E-state index contributed by atoms with van der Waals surface area (Å²) in [5.74, 6) is 1.12. The lowest BCUT2D eigenvalue weighted by molar-refractivity contribution is -0.131. The maximum Gasteiger partial charge on any atom is 0.280 e. The highest BCUT2D eigenvalue weighted by Crippen LogP contribution is 2.18. The molecule has 4 rings (SSSR count). The summed E-state index contributed by atoms with van der Waals surface area (Å²) < 4.78 is 5.04. The number of nitrogens with one attached hydrogen (secondary N) is 2. The van der Waals surface area contributed by atoms with E-state index in [1.807, 2.05) is 56.9 Å². The third-order valence-corrected chi connectivity index (χ3v) is 6.36. The summed E-state index contributed by atoms with van der Waals surface area (Å²) >= 11 is 0. The van der Waals surface area contributed by atoms with E-state index in [0.29, 0.717) is 37.3 Å². The van der Waals surface area contributed by atoms with Gasteiger partial charge in [-0.15, -0.1) is 0 Å². The minimum atomic E-state index is -0.296. The van der Waals surface area contributed by atoms with Crippen molar-refractivity contribution in [3.8, 4) is 0 Å². The Morgan fingerprint density at radius 3 is 2.46 bits per heavy atom. The van der Waals surface area contributed by atoms with Gasteiger partial charge in [0.2, 0.25) is 5.91 Å². The monoisotopic (exact) mass is 507 g/mol. The minimum Gasteiger partial charge on any atom is -0.384 e. The van der Waals surface area contributed by atoms with Gasteiger partial charge in [-0.05, 0) is 62.1 Å². The molecule has 3 aromatic rings. The van der Waals surface area contributed by atoms with Crippen LogP contribution >= 0.6 is 0 Å². The van der Waals surface area contributed by atoms with Gasteiger partial charge < -0.3 is 19.6 Å². The Labute approximate surface area is 217 Å². The lowest BCUT2D eigenvalue weighted by atomic mass is 10.1. The predicted octanol–water partition coefficient (Wildman–Crippen LogP) is 4.32. The van der Waals surface area contributed by atoms with Crippen LogP contribution in [0, 0.1) is 13.8 Å². The van der Waals surface area contributed by atoms with Crippen molar-refractivity contribution in [3.63, 3.8) is 0 Å². The fraction of sp³-hybridized carbons (Fsp3) is 0.429. The summed E-state index contributed by atoms with van der Waals surface area (Å²) in [6.07, 6.45) is 4.12. The summed E-state index contributed by atoms with van der Waals surface area (Å²) in [6, 6.07) is 10.8. The number of nitrogens with zero attached hydrogens (tertiary/aromatic N) is 3. The number of amides is 2. The second-order valence-electron chi connectivity index (χ2n) is 8.91. The second kappa shape index (κ2) is 13.4. The number of H-pyrrole nitrogens is 1. The van der Waals surface area contributed by atoms with Crippen molar-refractivity contribution in [1.29, 1.82) is 0 Å². The van der Waals surface area contributed by atoms with Gasteiger partial charge in [-0.3, -0.25) is 14.4 Å². The number of aryl methyl sites for hydroxylation is 3. The van der Waals surface area contributed by atoms with E-state index in [1.165, 1.54) is 11.6 Å². The molecule has 1 fully saturated rings. The number of benzene rings is 1. The minimum absolute atomic E-state index is 0.0435. The lowest BCUT2D eigenvalue weighted by Gasteiger charge is -2.31. The molecule has 0 aliphatic carbocycles. The Morgan fingerprint density at radius 2 is 1.78 bits per heavy atom. The Balaban J connectivity index is 0.00000186. The van der Waals surface area contributed by atoms with Gasteiger partial charge in [0.25, 0.3) is 11.5 Å². The fourth-order valence-corrected chi connectivity index (χ4v) is 4.11. The normalized spacial score (nSPS) is 13.7. The number of carbonyl (C=O) groups is 2. The summed E-state index contributed by atoms with van der Waals surface area (Å²) in [5.41, 5.74) is 3.26. The Morgan fingerprint density at radius 1 is 1.00 bits per heavy atom. The van der Waals surface area contributed by atoms with Gasteiger partial charge in [-0.25, -0.2) is 4.98 Å². The Bertz CT molecular complexity index is 1230. The van der Waals surface area contributed by atoms with Crippen molar-refractivity contribution < 1.29 is 14.1 Å². The zero-order valence-electron chi connectivity index (χ0n) is 22.2. The standard InChI is InChI=1S/C26H31N5O4.C2H6/c1-18-5-7-21(15-19(18)2)28-26(34)20-6-9-23(27-17-20)30-11-3-4-12-31(14-13-30)25(33)10-8-22-16-24(32)29-35-22;1-2/h5-7,9,15-17H,3-4,8,10-14H2,1-2H3,(H,28,34)(H,29,32);1-2H3. The van der Waals surface area contributed by atoms with Gasteiger partial charge in [0, 0.05) is 57.0 Å². The molecule has 0 atom stereocenters. The number of hydrogen-bond acceptors (Lipinski definition) is 6. The smallest absolute Gasteiger partial charge is 0.280 e. The third-order valence-electron chi connectivity index (χ3n) is 6.36. The van der Waals surface area contributed by atoms with Crippen LogP contribution in [0.2, 0.25) is 0 Å². The van der Waals surface area contributed by atoms with Crippen molar-refractivity contribution in [2.45, 2.75) is 53.4 Å². The van der Waals surface area contributed by atoms with Crippen LogP contribution in [0.15, 0.2) is 51.9 Å². The van der Waals surface area contributed by atoms with Crippen LogP contribution in [0.25, 0.3) is 0 Å². The molecular weight excluding hydrogens is 470 g/mol. The number of aromatic nitrogens is 2. The summed E-state index contributed by atoms with van der Waals surface area (Å²) in [6.45, 7) is 10.9. The first-order chi connectivity index (χ1) is 17.9. The van der Waals surface area contributed by atoms with E-state index in [4.69, 9.17) is 4.52 Å². The lowest BCUT2D eigenvalue weighted by Crippen LogP contribution is -2.42. The van der Waals surface area contributed by atoms with Crippen LogP contribution in [0.1, 0.15) is 60.4 Å². The average Bonchev–Trinajstić information content (AvgIpc) is 3.31. The molecule has 2 aromatic heterocycles. The molecule has 1 aliphatic rings. The van der Waals surface area contributed by atoms with Crippen LogP contribution in [0.4, 0.5) is 11.5 Å². The van der Waals surface area contributed by atoms with E-state index in [2.05, 4.69) is 20.4 Å². The predicted molar refractivity (Wildman–Crippen MR) is 145 cm³/mol. The van der Waals surface area contributed by atoms with Crippen molar-refractivity contribution in [1.82, 2.24) is 15.0 Å². The first-order valence-corrected chi connectivity index (χ1v) is 12.9. The van der Waals surface area contributed by atoms with Gasteiger partial charge in [-0.2, -0.15) is 5.16 Å². The van der Waals surface area contributed by atoms with Crippen LogP contribution in [-0.4, -0.2) is 53.0 Å². The van der Waals surface area contributed by atoms with Crippen LogP contribution in [0.3, 0.4) is 0 Å². The van der Waals surface area contributed by atoms with E-state index >= 15 is 0 Å². The number of rotatable bonds is 6. The highest BCUT2D eigenvalue weighted by molar-refractivity contribution is 6.04. The number of carbonyl (C=O) groups excluding carboxylic acids is 2. The molecule has 0 bridgehead atoms. The van der Waals surface area contributed by atoms with Gasteiger partial charge >= 0.3 is 0 Å². The second-order valence-corrected chi connectivity index (χ2v) is 8.91. The van der Waals surface area contributed by atoms with Gasteiger partial charge in [0.15, 0.2) is 0 Å². The van der Waals surface area contributed by atoms with Crippen molar-refractivity contribution in [2.75, 3.05) is 36.4 Å². The highest BCUT2D eigenvalue weighted by atomic mass is 16.5. The Kier molecular flexibility index (Phi) is 10.1. The quantitative estimate of drug-likeness (QED) is 0.514. The molecule has 0 radical (unpaired) electrons. The fourth-order valence-electron chi connectivity index (χ4n) is 4.11. The summed E-state index contributed by atoms with van der Waals surface area (Å²) in [4.78, 5) is 45.1. The Hall–Kier alpha value is -3.88. The molecular formula is C28H37N5O4. The maximum atomic E-state index is 12.7. The van der Waals surface area contributed by atoms with E-state index in [1.54, 1.807) is 12.3 Å². The van der Waals surface area contributed by atoms with Crippen LogP contribution < -0.4 is 15.8 Å². The number of aromatic amines is 1. The topological polar surface area (TPSA) is 112 Å². The maximum absolute atomic E-state index is 12.7. The first-order valence-electron chi connectivity index (χ1n) is 12.9. The zero-order chi connectivity index (χ0) is 26.8. The SMILES string of the molecule is CC.Cc1ccc(NC(=O)c2ccc(N3CCCCN(C(=O)CCc4cc(=O)[nH]o4)CC3)nc2)cc1C. The third kappa shape index (κ3) is 7.80. The van der Waals surface area contributed by atoms with Crippen LogP contribution in [0.5, 0.6) is 0 Å². The van der Waals surface area contributed by atoms with Crippen molar-refractivity contribution in [2.24, 2.45) is 0 Å². The van der Waals surface area contributed by atoms with Gasteiger partial charge in [0.05, 0.1) is 5.56 Å². The molecule has 1 saturated heterocycles. The first kappa shape index (κ1) is 27.7. The van der Waals surface area contributed by atoms with Crippen LogP contribution in [-0.2, 0) is 11.2 Å². The molecule has 9 nitrogen and oxygen atoms in total.